The number of nitrogens with two attached hydrogens (primary N) is 1. The largest absolute Gasteiger partial charge is 0.327 e. The minimum atomic E-state index is 0.0733. The van der Waals surface area contributed by atoms with Crippen molar-refractivity contribution in [2.24, 2.45) is 5.73 Å². The van der Waals surface area contributed by atoms with E-state index in [0.29, 0.717) is 10.0 Å². The van der Waals surface area contributed by atoms with Crippen molar-refractivity contribution in [1.82, 2.24) is 4.98 Å². The normalized spacial score (nSPS) is 12.4. The van der Waals surface area contributed by atoms with Crippen molar-refractivity contribution in [3.63, 3.8) is 0 Å². The molecule has 0 bridgehead atoms. The number of aromatic nitrogens is 1. The van der Waals surface area contributed by atoms with Crippen molar-refractivity contribution in [2.75, 3.05) is 0 Å². The maximum atomic E-state index is 6.16. The Bertz CT molecular complexity index is 529. The average Bonchev–Trinajstić information content (AvgIpc) is 2.43. The maximum Gasteiger partial charge on any atom is 0.0624 e. The van der Waals surface area contributed by atoms with Gasteiger partial charge in [-0.1, -0.05) is 35.3 Å². The van der Waals surface area contributed by atoms with E-state index < -0.39 is 0 Å². The molecule has 0 aliphatic rings. The molecule has 0 saturated heterocycles. The molecular weight excluding hydrogens is 279 g/mol. The van der Waals surface area contributed by atoms with Crippen molar-refractivity contribution >= 4 is 23.2 Å². The van der Waals surface area contributed by atoms with Gasteiger partial charge in [0.1, 0.15) is 0 Å². The van der Waals surface area contributed by atoms with Crippen LogP contribution in [0.5, 0.6) is 0 Å². The van der Waals surface area contributed by atoms with Crippen LogP contribution in [0.25, 0.3) is 0 Å². The third kappa shape index (κ3) is 4.20. The van der Waals surface area contributed by atoms with Crippen LogP contribution >= 0.6 is 23.2 Å². The van der Waals surface area contributed by atoms with Gasteiger partial charge in [-0.2, -0.15) is 0 Å². The smallest absolute Gasteiger partial charge is 0.0624 e. The SMILES string of the molecule is NC(CCc1ccncc1)Cc1cccc(Cl)c1Cl. The van der Waals surface area contributed by atoms with E-state index in [9.17, 15) is 0 Å². The van der Waals surface area contributed by atoms with Crippen molar-refractivity contribution in [2.45, 2.75) is 25.3 Å². The van der Waals surface area contributed by atoms with Crippen LogP contribution in [0.2, 0.25) is 10.0 Å². The zero-order chi connectivity index (χ0) is 13.7. The monoisotopic (exact) mass is 294 g/mol. The topological polar surface area (TPSA) is 38.9 Å². The van der Waals surface area contributed by atoms with E-state index in [1.165, 1.54) is 5.56 Å². The van der Waals surface area contributed by atoms with Crippen molar-refractivity contribution in [3.05, 3.63) is 63.9 Å². The lowest BCUT2D eigenvalue weighted by Gasteiger charge is -2.13. The van der Waals surface area contributed by atoms with Gasteiger partial charge in [-0.15, -0.1) is 0 Å². The van der Waals surface area contributed by atoms with Gasteiger partial charge in [0.05, 0.1) is 10.0 Å². The molecule has 4 heteroatoms. The third-order valence-corrected chi connectivity index (χ3v) is 3.92. The zero-order valence-corrected chi connectivity index (χ0v) is 12.0. The summed E-state index contributed by atoms with van der Waals surface area (Å²) < 4.78 is 0. The van der Waals surface area contributed by atoms with Gasteiger partial charge in [0.25, 0.3) is 0 Å². The third-order valence-electron chi connectivity index (χ3n) is 3.07. The van der Waals surface area contributed by atoms with Crippen LogP contribution in [-0.2, 0) is 12.8 Å². The van der Waals surface area contributed by atoms with Crippen molar-refractivity contribution < 1.29 is 0 Å². The van der Waals surface area contributed by atoms with E-state index in [1.54, 1.807) is 18.5 Å². The lowest BCUT2D eigenvalue weighted by molar-refractivity contribution is 0.610. The molecule has 0 fully saturated rings. The predicted molar refractivity (Wildman–Crippen MR) is 80.7 cm³/mol. The molecule has 1 atom stereocenters. The molecule has 0 saturated carbocycles. The van der Waals surface area contributed by atoms with Gasteiger partial charge >= 0.3 is 0 Å². The minimum absolute atomic E-state index is 0.0733. The molecule has 0 radical (unpaired) electrons. The first-order valence-electron chi connectivity index (χ1n) is 6.24. The predicted octanol–water partition coefficient (Wildman–Crippen LogP) is 3.89. The second-order valence-corrected chi connectivity index (χ2v) is 5.36. The van der Waals surface area contributed by atoms with Gasteiger partial charge in [-0.25, -0.2) is 0 Å². The molecule has 2 rings (SSSR count). The molecule has 1 aromatic heterocycles. The molecule has 1 unspecified atom stereocenters. The lowest BCUT2D eigenvalue weighted by Crippen LogP contribution is -2.23. The Morgan fingerprint density at radius 1 is 1.11 bits per heavy atom. The van der Waals surface area contributed by atoms with E-state index in [2.05, 4.69) is 4.98 Å². The number of aryl methyl sites for hydroxylation is 1. The van der Waals surface area contributed by atoms with E-state index in [0.717, 1.165) is 24.8 Å². The van der Waals surface area contributed by atoms with Crippen LogP contribution < -0.4 is 5.73 Å². The lowest BCUT2D eigenvalue weighted by atomic mass is 10.0. The second-order valence-electron chi connectivity index (χ2n) is 4.57. The summed E-state index contributed by atoms with van der Waals surface area (Å²) in [7, 11) is 0. The Hall–Kier alpha value is -1.09. The fourth-order valence-corrected chi connectivity index (χ4v) is 2.39. The van der Waals surface area contributed by atoms with Crippen LogP contribution in [0.4, 0.5) is 0 Å². The number of halogens is 2. The number of hydrogen-bond acceptors (Lipinski definition) is 2. The van der Waals surface area contributed by atoms with Gasteiger partial charge < -0.3 is 5.73 Å². The molecule has 2 aromatic rings. The summed E-state index contributed by atoms with van der Waals surface area (Å²) in [5, 5.41) is 1.20. The van der Waals surface area contributed by atoms with Gasteiger partial charge in [-0.05, 0) is 48.6 Å². The molecule has 1 aromatic carbocycles. The fraction of sp³-hybridized carbons (Fsp3) is 0.267. The quantitative estimate of drug-likeness (QED) is 0.908. The number of hydrogen-bond donors (Lipinski definition) is 1. The molecule has 19 heavy (non-hydrogen) atoms. The molecule has 0 aliphatic heterocycles. The molecule has 0 aliphatic carbocycles. The first-order valence-corrected chi connectivity index (χ1v) is 7.00. The van der Waals surface area contributed by atoms with E-state index in [1.807, 2.05) is 24.3 Å². The number of nitrogens with zero attached hydrogens (tertiary/aromatic N) is 1. The molecule has 2 N–H and O–H groups in total. The number of benzene rings is 1. The highest BCUT2D eigenvalue weighted by atomic mass is 35.5. The van der Waals surface area contributed by atoms with Gasteiger partial charge in [-0.3, -0.25) is 4.98 Å². The maximum absolute atomic E-state index is 6.16. The summed E-state index contributed by atoms with van der Waals surface area (Å²) in [5.41, 5.74) is 8.42. The average molecular weight is 295 g/mol. The minimum Gasteiger partial charge on any atom is -0.327 e. The molecule has 0 amide bonds. The van der Waals surface area contributed by atoms with Gasteiger partial charge in [0, 0.05) is 18.4 Å². The standard InChI is InChI=1S/C15H16Cl2N2/c16-14-3-1-2-12(15(14)17)10-13(18)5-4-11-6-8-19-9-7-11/h1-3,6-9,13H,4-5,10,18H2. The van der Waals surface area contributed by atoms with Gasteiger partial charge in [0.15, 0.2) is 0 Å². The zero-order valence-electron chi connectivity index (χ0n) is 10.5. The van der Waals surface area contributed by atoms with Crippen LogP contribution in [-0.4, -0.2) is 11.0 Å². The van der Waals surface area contributed by atoms with Crippen LogP contribution in [0.3, 0.4) is 0 Å². The van der Waals surface area contributed by atoms with E-state index in [4.69, 9.17) is 28.9 Å². The van der Waals surface area contributed by atoms with Gasteiger partial charge in [0.2, 0.25) is 0 Å². The summed E-state index contributed by atoms with van der Waals surface area (Å²) in [4.78, 5) is 4.00. The van der Waals surface area contributed by atoms with Crippen LogP contribution in [0.1, 0.15) is 17.5 Å². The summed E-state index contributed by atoms with van der Waals surface area (Å²) in [6.45, 7) is 0. The summed E-state index contributed by atoms with van der Waals surface area (Å²) in [6.07, 6.45) is 6.20. The molecule has 2 nitrogen and oxygen atoms in total. The Morgan fingerprint density at radius 3 is 2.58 bits per heavy atom. The molecule has 0 spiro atoms. The highest BCUT2D eigenvalue weighted by molar-refractivity contribution is 6.42. The highest BCUT2D eigenvalue weighted by Crippen LogP contribution is 2.26. The Morgan fingerprint density at radius 2 is 1.84 bits per heavy atom. The second kappa shape index (κ2) is 6.90. The molecule has 100 valence electrons. The Labute approximate surface area is 123 Å². The summed E-state index contributed by atoms with van der Waals surface area (Å²) >= 11 is 12.1. The van der Waals surface area contributed by atoms with Crippen molar-refractivity contribution in [3.8, 4) is 0 Å². The number of rotatable bonds is 5. The van der Waals surface area contributed by atoms with Crippen LogP contribution in [0.15, 0.2) is 42.7 Å². The van der Waals surface area contributed by atoms with Crippen molar-refractivity contribution in [1.29, 1.82) is 0 Å². The molecule has 1 heterocycles. The molecular formula is C15H16Cl2N2. The number of pyridine rings is 1. The first kappa shape index (κ1) is 14.3. The summed E-state index contributed by atoms with van der Waals surface area (Å²) in [5.74, 6) is 0. The fourth-order valence-electron chi connectivity index (χ4n) is 1.99. The Kier molecular flexibility index (Phi) is 5.20. The first-order chi connectivity index (χ1) is 9.16. The van der Waals surface area contributed by atoms with E-state index in [-0.39, 0.29) is 6.04 Å². The van der Waals surface area contributed by atoms with E-state index >= 15 is 0 Å². The Balaban J connectivity index is 1.91. The summed E-state index contributed by atoms with van der Waals surface area (Å²) in [6, 6.07) is 9.76. The highest BCUT2D eigenvalue weighted by Gasteiger charge is 2.09. The van der Waals surface area contributed by atoms with Crippen LogP contribution in [0, 0.1) is 0 Å².